The zero-order chi connectivity index (χ0) is 17.4. The van der Waals surface area contributed by atoms with Crippen molar-refractivity contribution in [2.75, 3.05) is 12.3 Å². The summed E-state index contributed by atoms with van der Waals surface area (Å²) < 4.78 is 0. The Morgan fingerprint density at radius 1 is 0.880 bits per heavy atom. The Bertz CT molecular complexity index is 1090. The first kappa shape index (κ1) is 15.9. The highest BCUT2D eigenvalue weighted by Crippen LogP contribution is 2.35. The molecule has 4 aromatic rings. The van der Waals surface area contributed by atoms with Gasteiger partial charge < -0.3 is 5.32 Å². The van der Waals surface area contributed by atoms with Gasteiger partial charge in [0.05, 0.1) is 6.54 Å². The normalized spacial score (nSPS) is 11.4. The molecule has 0 aliphatic heterocycles. The van der Waals surface area contributed by atoms with E-state index >= 15 is 0 Å². The van der Waals surface area contributed by atoms with Gasteiger partial charge >= 0.3 is 0 Å². The molecule has 0 saturated carbocycles. The third-order valence-corrected chi connectivity index (χ3v) is 5.23. The van der Waals surface area contributed by atoms with Gasteiger partial charge in [0.25, 0.3) is 5.91 Å². The minimum atomic E-state index is -0.206. The molecule has 4 rings (SSSR count). The number of carbonyl (C=O) groups excluding carboxylic acids is 2. The van der Waals surface area contributed by atoms with Crippen molar-refractivity contribution in [1.82, 2.24) is 5.32 Å². The van der Waals surface area contributed by atoms with E-state index in [0.717, 1.165) is 16.2 Å². The molecule has 3 nitrogen and oxygen atoms in total. The molecule has 4 heteroatoms. The summed E-state index contributed by atoms with van der Waals surface area (Å²) in [5.74, 6) is 0.510. The van der Waals surface area contributed by atoms with E-state index in [4.69, 9.17) is 0 Å². The van der Waals surface area contributed by atoms with Crippen LogP contribution in [0.15, 0.2) is 54.6 Å². The summed E-state index contributed by atoms with van der Waals surface area (Å²) in [5.41, 5.74) is 0.611. The highest BCUT2D eigenvalue weighted by atomic mass is 32.2. The van der Waals surface area contributed by atoms with E-state index in [2.05, 4.69) is 35.6 Å². The number of nitrogens with one attached hydrogen (secondary N) is 1. The van der Waals surface area contributed by atoms with Gasteiger partial charge in [-0.25, -0.2) is 0 Å². The molecule has 0 aliphatic carbocycles. The molecule has 0 unspecified atom stereocenters. The first-order valence-corrected chi connectivity index (χ1v) is 9.28. The summed E-state index contributed by atoms with van der Waals surface area (Å²) in [6.45, 7) is 1.98. The van der Waals surface area contributed by atoms with Gasteiger partial charge in [-0.1, -0.05) is 67.2 Å². The maximum absolute atomic E-state index is 12.6. The molecule has 124 valence electrons. The van der Waals surface area contributed by atoms with Crippen LogP contribution in [0, 0.1) is 0 Å². The van der Waals surface area contributed by atoms with E-state index in [1.807, 2.05) is 31.2 Å². The predicted molar refractivity (Wildman–Crippen MR) is 106 cm³/mol. The van der Waals surface area contributed by atoms with Crippen molar-refractivity contribution in [1.29, 1.82) is 0 Å². The number of thioether (sulfide) groups is 1. The predicted octanol–water partition coefficient (Wildman–Crippen LogP) is 4.59. The van der Waals surface area contributed by atoms with E-state index in [0.29, 0.717) is 11.3 Å². The third-order valence-electron chi connectivity index (χ3n) is 4.47. The second-order valence-corrected chi connectivity index (χ2v) is 7.28. The van der Waals surface area contributed by atoms with Crippen molar-refractivity contribution in [2.45, 2.75) is 6.92 Å². The SMILES string of the molecule is CCSC(=O)CNC(=O)c1ccc2ccc3cccc4ccc1c2c34. The van der Waals surface area contributed by atoms with Gasteiger partial charge in [0.2, 0.25) is 5.12 Å². The number of hydrogen-bond donors (Lipinski definition) is 1. The van der Waals surface area contributed by atoms with E-state index in [-0.39, 0.29) is 17.6 Å². The molecule has 1 amide bonds. The van der Waals surface area contributed by atoms with Crippen molar-refractivity contribution in [2.24, 2.45) is 0 Å². The van der Waals surface area contributed by atoms with Crippen molar-refractivity contribution in [3.8, 4) is 0 Å². The van der Waals surface area contributed by atoms with Gasteiger partial charge in [0.1, 0.15) is 0 Å². The molecule has 0 aliphatic rings. The summed E-state index contributed by atoms with van der Waals surface area (Å²) in [6, 6.07) is 18.3. The topological polar surface area (TPSA) is 46.2 Å². The van der Waals surface area contributed by atoms with Crippen LogP contribution in [0.2, 0.25) is 0 Å². The number of benzene rings is 4. The maximum Gasteiger partial charge on any atom is 0.252 e. The van der Waals surface area contributed by atoms with Gasteiger partial charge in [-0.05, 0) is 44.1 Å². The Hall–Kier alpha value is -2.59. The standard InChI is InChI=1S/C21H17NO2S/c1-2-25-18(23)12-22-21(24)17-11-9-15-7-6-13-4-3-5-14-8-10-16(17)20(15)19(13)14/h3-11H,2,12H2,1H3,(H,22,24). The second-order valence-electron chi connectivity index (χ2n) is 5.96. The molecule has 0 spiro atoms. The number of carbonyl (C=O) groups is 2. The van der Waals surface area contributed by atoms with Gasteiger partial charge in [-0.15, -0.1) is 0 Å². The fourth-order valence-electron chi connectivity index (χ4n) is 3.39. The summed E-state index contributed by atoms with van der Waals surface area (Å²) in [7, 11) is 0. The average Bonchev–Trinajstić information content (AvgIpc) is 2.64. The molecule has 4 aromatic carbocycles. The Kier molecular flexibility index (Phi) is 4.06. The molecule has 0 saturated heterocycles. The van der Waals surface area contributed by atoms with Crippen LogP contribution in [-0.2, 0) is 4.79 Å². The highest BCUT2D eigenvalue weighted by Gasteiger charge is 2.15. The third kappa shape index (κ3) is 2.72. The van der Waals surface area contributed by atoms with Crippen LogP contribution in [0.1, 0.15) is 17.3 Å². The van der Waals surface area contributed by atoms with Crippen molar-refractivity contribution in [3.63, 3.8) is 0 Å². The van der Waals surface area contributed by atoms with E-state index in [1.54, 1.807) is 0 Å². The summed E-state index contributed by atoms with van der Waals surface area (Å²) in [6.07, 6.45) is 0. The largest absolute Gasteiger partial charge is 0.344 e. The van der Waals surface area contributed by atoms with Crippen molar-refractivity contribution < 1.29 is 9.59 Å². The van der Waals surface area contributed by atoms with Crippen molar-refractivity contribution >= 4 is 55.1 Å². The van der Waals surface area contributed by atoms with Gasteiger partial charge in [-0.3, -0.25) is 9.59 Å². The molecular formula is C21H17NO2S. The first-order chi connectivity index (χ1) is 12.2. The minimum Gasteiger partial charge on any atom is -0.344 e. The molecule has 25 heavy (non-hydrogen) atoms. The maximum atomic E-state index is 12.6. The van der Waals surface area contributed by atoms with Crippen molar-refractivity contribution in [3.05, 3.63) is 60.2 Å². The molecule has 0 fully saturated rings. The molecule has 0 bridgehead atoms. The second kappa shape index (κ2) is 6.37. The number of rotatable bonds is 4. The van der Waals surface area contributed by atoms with E-state index in [9.17, 15) is 9.59 Å². The lowest BCUT2D eigenvalue weighted by atomic mass is 9.92. The molecule has 0 heterocycles. The molecule has 0 aromatic heterocycles. The van der Waals surface area contributed by atoms with Gasteiger partial charge in [0.15, 0.2) is 0 Å². The molecule has 1 N–H and O–H groups in total. The lowest BCUT2D eigenvalue weighted by Gasteiger charge is -2.13. The van der Waals surface area contributed by atoms with Crippen LogP contribution < -0.4 is 5.32 Å². The zero-order valence-electron chi connectivity index (χ0n) is 13.8. The summed E-state index contributed by atoms with van der Waals surface area (Å²) in [5, 5.41) is 9.41. The Labute approximate surface area is 149 Å². The summed E-state index contributed by atoms with van der Waals surface area (Å²) in [4.78, 5) is 24.3. The minimum absolute atomic E-state index is 0.0199. The Morgan fingerprint density at radius 2 is 1.52 bits per heavy atom. The Morgan fingerprint density at radius 3 is 2.24 bits per heavy atom. The lowest BCUT2D eigenvalue weighted by Crippen LogP contribution is -2.28. The van der Waals surface area contributed by atoms with E-state index in [1.165, 1.54) is 27.9 Å². The first-order valence-electron chi connectivity index (χ1n) is 8.29. The average molecular weight is 347 g/mol. The van der Waals surface area contributed by atoms with E-state index < -0.39 is 0 Å². The number of amides is 1. The van der Waals surface area contributed by atoms with Gasteiger partial charge in [-0.2, -0.15) is 0 Å². The molecule has 0 atom stereocenters. The highest BCUT2D eigenvalue weighted by molar-refractivity contribution is 8.13. The molecule has 0 radical (unpaired) electrons. The van der Waals surface area contributed by atoms with Crippen LogP contribution in [0.5, 0.6) is 0 Å². The quantitative estimate of drug-likeness (QED) is 0.549. The van der Waals surface area contributed by atoms with Crippen LogP contribution in [0.3, 0.4) is 0 Å². The fraction of sp³-hybridized carbons (Fsp3) is 0.143. The number of hydrogen-bond acceptors (Lipinski definition) is 3. The van der Waals surface area contributed by atoms with Crippen LogP contribution >= 0.6 is 11.8 Å². The Balaban J connectivity index is 1.82. The molecular weight excluding hydrogens is 330 g/mol. The zero-order valence-corrected chi connectivity index (χ0v) is 14.7. The van der Waals surface area contributed by atoms with Crippen LogP contribution in [0.25, 0.3) is 32.3 Å². The smallest absolute Gasteiger partial charge is 0.252 e. The fourth-order valence-corrected chi connectivity index (χ4v) is 3.89. The van der Waals surface area contributed by atoms with Gasteiger partial charge in [0, 0.05) is 5.56 Å². The summed E-state index contributed by atoms with van der Waals surface area (Å²) >= 11 is 1.22. The van der Waals surface area contributed by atoms with Crippen LogP contribution in [0.4, 0.5) is 0 Å². The lowest BCUT2D eigenvalue weighted by molar-refractivity contribution is -0.110. The monoisotopic (exact) mass is 347 g/mol. The van der Waals surface area contributed by atoms with Crippen LogP contribution in [-0.4, -0.2) is 23.3 Å².